The maximum atomic E-state index is 13.1. The second-order valence-electron chi connectivity index (χ2n) is 11.9. The molecule has 2 fully saturated rings. The average molecular weight is 547 g/mol. The number of rotatable bonds is 5. The number of aromatic amines is 1. The number of hydrogen-bond donors (Lipinski definition) is 2. The van der Waals surface area contributed by atoms with Crippen LogP contribution in [0.5, 0.6) is 0 Å². The number of aryl methyl sites for hydroxylation is 2. The number of aromatic nitrogens is 4. The normalized spacial score (nSPS) is 22.1. The van der Waals surface area contributed by atoms with Crippen molar-refractivity contribution in [1.82, 2.24) is 29.8 Å². The van der Waals surface area contributed by atoms with Gasteiger partial charge in [0.15, 0.2) is 5.65 Å². The average Bonchev–Trinajstić information content (AvgIpc) is 3.76. The van der Waals surface area contributed by atoms with Crippen LogP contribution in [0.1, 0.15) is 78.5 Å². The number of carbonyl (C=O) groups is 1. The van der Waals surface area contributed by atoms with Gasteiger partial charge in [-0.1, -0.05) is 13.8 Å². The number of nitrogens with zero attached hydrogens (tertiary/aromatic N) is 4. The standard InChI is InChI=1S/C30H38N6O2S/c1-16(2)24-25-17(3)27(18-8-10-35(11-9-18)30(37)23-12-19(38-4)13-31-23)39-29(25)34-26(24)22-14-36-28(32-15-33-36)21-7-5-6-20(21)22/h14-16,18-19,23,31,34H,5-13H2,1-4H3. The van der Waals surface area contributed by atoms with E-state index in [0.29, 0.717) is 11.8 Å². The Morgan fingerprint density at radius 2 is 2.00 bits per heavy atom. The molecular weight excluding hydrogens is 508 g/mol. The molecule has 1 amide bonds. The van der Waals surface area contributed by atoms with Crippen LogP contribution in [0.2, 0.25) is 0 Å². The van der Waals surface area contributed by atoms with Crippen LogP contribution in [0.15, 0.2) is 12.5 Å². The van der Waals surface area contributed by atoms with Gasteiger partial charge in [-0.15, -0.1) is 11.3 Å². The first kappa shape index (κ1) is 25.2. The molecule has 0 spiro atoms. The fourth-order valence-corrected chi connectivity index (χ4v) is 8.74. The molecule has 39 heavy (non-hydrogen) atoms. The predicted octanol–water partition coefficient (Wildman–Crippen LogP) is 4.94. The van der Waals surface area contributed by atoms with E-state index in [2.05, 4.69) is 52.3 Å². The Labute approximate surface area is 233 Å². The number of amides is 1. The number of H-pyrrole nitrogens is 1. The second-order valence-corrected chi connectivity index (χ2v) is 13.0. The maximum Gasteiger partial charge on any atom is 0.239 e. The molecule has 8 nitrogen and oxygen atoms in total. The summed E-state index contributed by atoms with van der Waals surface area (Å²) >= 11 is 1.93. The lowest BCUT2D eigenvalue weighted by molar-refractivity contribution is -0.134. The van der Waals surface area contributed by atoms with E-state index in [1.54, 1.807) is 13.4 Å². The van der Waals surface area contributed by atoms with E-state index in [0.717, 1.165) is 57.4 Å². The van der Waals surface area contributed by atoms with E-state index < -0.39 is 0 Å². The Morgan fingerprint density at radius 3 is 2.74 bits per heavy atom. The summed E-state index contributed by atoms with van der Waals surface area (Å²) in [5.74, 6) is 1.14. The number of piperidine rings is 1. The second kappa shape index (κ2) is 9.71. The Bertz CT molecular complexity index is 1560. The van der Waals surface area contributed by atoms with Gasteiger partial charge in [0.2, 0.25) is 5.91 Å². The van der Waals surface area contributed by atoms with Gasteiger partial charge in [-0.05, 0) is 74.0 Å². The van der Waals surface area contributed by atoms with Crippen LogP contribution in [-0.4, -0.2) is 69.3 Å². The first-order valence-electron chi connectivity index (χ1n) is 14.5. The first-order chi connectivity index (χ1) is 18.9. The Morgan fingerprint density at radius 1 is 1.21 bits per heavy atom. The number of hydrogen-bond acceptors (Lipinski definition) is 6. The summed E-state index contributed by atoms with van der Waals surface area (Å²) in [4.78, 5) is 26.4. The molecule has 206 valence electrons. The van der Waals surface area contributed by atoms with Crippen LogP contribution < -0.4 is 5.32 Å². The zero-order valence-corrected chi connectivity index (χ0v) is 24.2. The molecule has 0 radical (unpaired) electrons. The van der Waals surface area contributed by atoms with Crippen LogP contribution in [-0.2, 0) is 22.4 Å². The molecule has 2 N–H and O–H groups in total. The summed E-state index contributed by atoms with van der Waals surface area (Å²) in [6, 6.07) is -0.0988. The lowest BCUT2D eigenvalue weighted by Gasteiger charge is -2.33. The lowest BCUT2D eigenvalue weighted by Crippen LogP contribution is -2.46. The third kappa shape index (κ3) is 4.04. The molecular formula is C30H38N6O2S. The molecule has 2 saturated heterocycles. The number of carbonyl (C=O) groups excluding carboxylic acids is 1. The van der Waals surface area contributed by atoms with Gasteiger partial charge in [-0.2, -0.15) is 5.10 Å². The lowest BCUT2D eigenvalue weighted by atomic mass is 9.89. The zero-order chi connectivity index (χ0) is 26.8. The van der Waals surface area contributed by atoms with Crippen LogP contribution >= 0.6 is 11.3 Å². The van der Waals surface area contributed by atoms with Gasteiger partial charge in [0.05, 0.1) is 17.8 Å². The van der Waals surface area contributed by atoms with Gasteiger partial charge in [0.1, 0.15) is 11.2 Å². The van der Waals surface area contributed by atoms with E-state index in [1.807, 2.05) is 15.9 Å². The minimum Gasteiger partial charge on any atom is -0.380 e. The van der Waals surface area contributed by atoms with E-state index in [4.69, 9.17) is 4.74 Å². The molecule has 0 saturated carbocycles. The topological polar surface area (TPSA) is 87.5 Å². The molecule has 6 heterocycles. The van der Waals surface area contributed by atoms with Crippen molar-refractivity contribution in [2.24, 2.45) is 0 Å². The fourth-order valence-electron chi connectivity index (χ4n) is 7.35. The summed E-state index contributed by atoms with van der Waals surface area (Å²) < 4.78 is 7.41. The summed E-state index contributed by atoms with van der Waals surface area (Å²) in [5, 5.41) is 9.26. The van der Waals surface area contributed by atoms with Gasteiger partial charge in [0.25, 0.3) is 0 Å². The molecule has 7 rings (SSSR count). The molecule has 2 atom stereocenters. The van der Waals surface area contributed by atoms with Crippen molar-refractivity contribution < 1.29 is 9.53 Å². The summed E-state index contributed by atoms with van der Waals surface area (Å²) in [5.41, 5.74) is 9.20. The van der Waals surface area contributed by atoms with E-state index in [1.165, 1.54) is 55.0 Å². The fraction of sp³-hybridized carbons (Fsp3) is 0.567. The highest BCUT2D eigenvalue weighted by molar-refractivity contribution is 7.19. The Kier molecular flexibility index (Phi) is 6.28. The van der Waals surface area contributed by atoms with Gasteiger partial charge in [-0.3, -0.25) is 4.79 Å². The first-order valence-corrected chi connectivity index (χ1v) is 15.3. The molecule has 4 aromatic rings. The van der Waals surface area contributed by atoms with Crippen molar-refractivity contribution in [2.75, 3.05) is 26.7 Å². The largest absolute Gasteiger partial charge is 0.380 e. The molecule has 0 bridgehead atoms. The minimum absolute atomic E-state index is 0.0988. The third-order valence-corrected chi connectivity index (χ3v) is 10.7. The van der Waals surface area contributed by atoms with Crippen LogP contribution in [0.4, 0.5) is 0 Å². The van der Waals surface area contributed by atoms with Crippen LogP contribution in [0, 0.1) is 6.92 Å². The molecule has 1 aliphatic carbocycles. The highest BCUT2D eigenvalue weighted by Crippen LogP contribution is 2.47. The highest BCUT2D eigenvalue weighted by atomic mass is 32.1. The van der Waals surface area contributed by atoms with Gasteiger partial charge in [0, 0.05) is 54.3 Å². The van der Waals surface area contributed by atoms with E-state index >= 15 is 0 Å². The number of ether oxygens (including phenoxy) is 1. The number of fused-ring (bicyclic) bond motifs is 4. The molecule has 4 aromatic heterocycles. The van der Waals surface area contributed by atoms with Gasteiger partial charge >= 0.3 is 0 Å². The van der Waals surface area contributed by atoms with E-state index in [-0.39, 0.29) is 18.1 Å². The summed E-state index contributed by atoms with van der Waals surface area (Å²) in [7, 11) is 1.73. The summed E-state index contributed by atoms with van der Waals surface area (Å²) in [6.07, 6.45) is 10.2. The summed E-state index contributed by atoms with van der Waals surface area (Å²) in [6.45, 7) is 9.36. The molecule has 9 heteroatoms. The van der Waals surface area contributed by atoms with Crippen molar-refractivity contribution in [3.8, 4) is 11.3 Å². The quantitative estimate of drug-likeness (QED) is 0.370. The number of pyridine rings is 1. The highest BCUT2D eigenvalue weighted by Gasteiger charge is 2.35. The van der Waals surface area contributed by atoms with Crippen LogP contribution in [0.3, 0.4) is 0 Å². The molecule has 2 unspecified atom stereocenters. The van der Waals surface area contributed by atoms with E-state index in [9.17, 15) is 4.79 Å². The molecule has 3 aliphatic rings. The minimum atomic E-state index is -0.0988. The van der Waals surface area contributed by atoms with Crippen molar-refractivity contribution in [3.05, 3.63) is 39.7 Å². The number of likely N-dealkylation sites (tertiary alicyclic amines) is 1. The van der Waals surface area contributed by atoms with Crippen molar-refractivity contribution in [3.63, 3.8) is 0 Å². The SMILES string of the molecule is COC1CNC(C(=O)N2CCC(c3sc4[nH]c(-c5cn6ncnc6c6c5CCC6)c(C(C)C)c4c3C)CC2)C1. The van der Waals surface area contributed by atoms with Crippen LogP contribution in [0.25, 0.3) is 27.1 Å². The van der Waals surface area contributed by atoms with Crippen molar-refractivity contribution in [2.45, 2.75) is 83.3 Å². The molecule has 2 aliphatic heterocycles. The van der Waals surface area contributed by atoms with Crippen molar-refractivity contribution in [1.29, 1.82) is 0 Å². The van der Waals surface area contributed by atoms with Gasteiger partial charge < -0.3 is 19.9 Å². The number of methoxy groups -OCH3 is 1. The predicted molar refractivity (Wildman–Crippen MR) is 155 cm³/mol. The maximum absolute atomic E-state index is 13.1. The Hall–Kier alpha value is -2.75. The van der Waals surface area contributed by atoms with Crippen molar-refractivity contribution >= 4 is 33.1 Å². The molecule has 0 aromatic carbocycles. The zero-order valence-electron chi connectivity index (χ0n) is 23.3. The smallest absolute Gasteiger partial charge is 0.239 e. The van der Waals surface area contributed by atoms with Gasteiger partial charge in [-0.25, -0.2) is 9.50 Å². The number of nitrogens with one attached hydrogen (secondary N) is 2. The third-order valence-electron chi connectivity index (χ3n) is 9.34. The number of thiophene rings is 1. The Balaban J connectivity index is 1.18. The monoisotopic (exact) mass is 546 g/mol.